The molecule has 1 heterocycles. The molecule has 2 N–H and O–H groups in total. The summed E-state index contributed by atoms with van der Waals surface area (Å²) in [5.41, 5.74) is 0.828. The number of carbonyl (C=O) groups is 1. The second-order valence-electron chi connectivity index (χ2n) is 6.43. The van der Waals surface area contributed by atoms with Gasteiger partial charge < -0.3 is 10.6 Å². The van der Waals surface area contributed by atoms with Crippen molar-refractivity contribution in [3.63, 3.8) is 0 Å². The largest absolute Gasteiger partial charge is 0.338 e. The van der Waals surface area contributed by atoms with E-state index in [1.807, 2.05) is 30.5 Å². The van der Waals surface area contributed by atoms with E-state index in [1.54, 1.807) is 6.20 Å². The number of hydrogen-bond donors (Lipinski definition) is 2. The van der Waals surface area contributed by atoms with Gasteiger partial charge in [-0.3, -0.25) is 4.98 Å². The molecular formula is C19H25N3O. The minimum Gasteiger partial charge on any atom is -0.338 e. The molecular weight excluding hydrogens is 286 g/mol. The van der Waals surface area contributed by atoms with E-state index in [0.717, 1.165) is 35.3 Å². The molecule has 2 aromatic rings. The number of urea groups is 1. The number of amides is 2. The molecule has 3 rings (SSSR count). The zero-order chi connectivity index (χ0) is 15.9. The molecule has 1 fully saturated rings. The molecule has 0 bridgehead atoms. The third-order valence-electron chi connectivity index (χ3n) is 4.73. The van der Waals surface area contributed by atoms with Gasteiger partial charge in [-0.25, -0.2) is 4.79 Å². The smallest absolute Gasteiger partial charge is 0.319 e. The third kappa shape index (κ3) is 4.44. The molecule has 23 heavy (non-hydrogen) atoms. The summed E-state index contributed by atoms with van der Waals surface area (Å²) in [6.45, 7) is 0.745. The highest BCUT2D eigenvalue weighted by atomic mass is 16.2. The van der Waals surface area contributed by atoms with E-state index in [1.165, 1.54) is 38.5 Å². The molecule has 0 atom stereocenters. The van der Waals surface area contributed by atoms with E-state index >= 15 is 0 Å². The lowest BCUT2D eigenvalue weighted by Gasteiger charge is -2.21. The number of hydrogen-bond acceptors (Lipinski definition) is 2. The van der Waals surface area contributed by atoms with E-state index in [0.29, 0.717) is 0 Å². The Labute approximate surface area is 137 Å². The Morgan fingerprint density at radius 1 is 1.17 bits per heavy atom. The third-order valence-corrected chi connectivity index (χ3v) is 4.73. The molecule has 1 aliphatic rings. The zero-order valence-electron chi connectivity index (χ0n) is 13.6. The Hall–Kier alpha value is -2.10. The van der Waals surface area contributed by atoms with E-state index < -0.39 is 0 Å². The Bertz CT molecular complexity index is 645. The Morgan fingerprint density at radius 2 is 2.04 bits per heavy atom. The number of nitrogens with one attached hydrogen (secondary N) is 2. The van der Waals surface area contributed by atoms with Gasteiger partial charge in [-0.2, -0.15) is 0 Å². The SMILES string of the molecule is O=C(NCCCC1CCCCC1)Nc1cccc2cnccc12. The van der Waals surface area contributed by atoms with Crippen molar-refractivity contribution in [3.8, 4) is 0 Å². The van der Waals surface area contributed by atoms with Crippen molar-refractivity contribution in [2.24, 2.45) is 5.92 Å². The first-order chi connectivity index (χ1) is 11.3. The summed E-state index contributed by atoms with van der Waals surface area (Å²) in [6.07, 6.45) is 12.8. The maximum absolute atomic E-state index is 12.1. The Kier molecular flexibility index (Phi) is 5.46. The van der Waals surface area contributed by atoms with E-state index in [9.17, 15) is 4.79 Å². The van der Waals surface area contributed by atoms with Crippen molar-refractivity contribution in [3.05, 3.63) is 36.7 Å². The summed E-state index contributed by atoms with van der Waals surface area (Å²) in [4.78, 5) is 16.2. The van der Waals surface area contributed by atoms with Crippen LogP contribution in [0.4, 0.5) is 10.5 Å². The molecule has 0 radical (unpaired) electrons. The van der Waals surface area contributed by atoms with E-state index in [2.05, 4.69) is 15.6 Å². The van der Waals surface area contributed by atoms with Crippen molar-refractivity contribution < 1.29 is 4.79 Å². The van der Waals surface area contributed by atoms with Crippen LogP contribution in [0.5, 0.6) is 0 Å². The molecule has 0 unspecified atom stereocenters. The van der Waals surface area contributed by atoms with Crippen molar-refractivity contribution in [2.75, 3.05) is 11.9 Å². The summed E-state index contributed by atoms with van der Waals surface area (Å²) < 4.78 is 0. The molecule has 1 aromatic heterocycles. The van der Waals surface area contributed by atoms with Crippen LogP contribution in [-0.4, -0.2) is 17.6 Å². The van der Waals surface area contributed by atoms with Crippen LogP contribution in [-0.2, 0) is 0 Å². The highest BCUT2D eigenvalue weighted by Crippen LogP contribution is 2.27. The Balaban J connectivity index is 1.45. The lowest BCUT2D eigenvalue weighted by molar-refractivity contribution is 0.251. The van der Waals surface area contributed by atoms with Gasteiger partial charge in [-0.15, -0.1) is 0 Å². The van der Waals surface area contributed by atoms with Gasteiger partial charge in [0.05, 0.1) is 5.69 Å². The molecule has 0 aliphatic heterocycles. The fourth-order valence-corrected chi connectivity index (χ4v) is 3.47. The second kappa shape index (κ2) is 7.95. The number of aromatic nitrogens is 1. The first kappa shape index (κ1) is 15.8. The van der Waals surface area contributed by atoms with Gasteiger partial charge >= 0.3 is 6.03 Å². The maximum Gasteiger partial charge on any atom is 0.319 e. The van der Waals surface area contributed by atoms with Gasteiger partial charge in [0.15, 0.2) is 0 Å². The fourth-order valence-electron chi connectivity index (χ4n) is 3.47. The second-order valence-corrected chi connectivity index (χ2v) is 6.43. The molecule has 4 heteroatoms. The first-order valence-electron chi connectivity index (χ1n) is 8.70. The number of pyridine rings is 1. The predicted molar refractivity (Wildman–Crippen MR) is 94.6 cm³/mol. The number of anilines is 1. The van der Waals surface area contributed by atoms with Gasteiger partial charge in [-0.05, 0) is 30.9 Å². The quantitative estimate of drug-likeness (QED) is 0.785. The van der Waals surface area contributed by atoms with Gasteiger partial charge in [0.1, 0.15) is 0 Å². The van der Waals surface area contributed by atoms with E-state index in [4.69, 9.17) is 0 Å². The highest BCUT2D eigenvalue weighted by molar-refractivity contribution is 6.01. The fraction of sp³-hybridized carbons (Fsp3) is 0.474. The summed E-state index contributed by atoms with van der Waals surface area (Å²) in [6, 6.07) is 7.65. The molecule has 122 valence electrons. The van der Waals surface area contributed by atoms with Crippen LogP contribution < -0.4 is 10.6 Å². The van der Waals surface area contributed by atoms with Crippen molar-refractivity contribution in [1.29, 1.82) is 0 Å². The average molecular weight is 311 g/mol. The summed E-state index contributed by atoms with van der Waals surface area (Å²) in [7, 11) is 0. The molecule has 0 spiro atoms. The first-order valence-corrected chi connectivity index (χ1v) is 8.70. The molecule has 4 nitrogen and oxygen atoms in total. The number of benzene rings is 1. The molecule has 0 saturated heterocycles. The van der Waals surface area contributed by atoms with Crippen LogP contribution in [0.15, 0.2) is 36.7 Å². The van der Waals surface area contributed by atoms with Crippen LogP contribution in [0.25, 0.3) is 10.8 Å². The van der Waals surface area contributed by atoms with Gasteiger partial charge in [0, 0.05) is 29.7 Å². The number of carbonyl (C=O) groups excluding carboxylic acids is 1. The lowest BCUT2D eigenvalue weighted by atomic mass is 9.86. The number of fused-ring (bicyclic) bond motifs is 1. The van der Waals surface area contributed by atoms with Crippen LogP contribution in [0.2, 0.25) is 0 Å². The molecule has 1 saturated carbocycles. The van der Waals surface area contributed by atoms with Gasteiger partial charge in [0.2, 0.25) is 0 Å². The predicted octanol–water partition coefficient (Wildman–Crippen LogP) is 4.72. The maximum atomic E-state index is 12.1. The number of nitrogens with zero attached hydrogens (tertiary/aromatic N) is 1. The normalized spacial score (nSPS) is 15.5. The van der Waals surface area contributed by atoms with Crippen molar-refractivity contribution >= 4 is 22.5 Å². The molecule has 1 aromatic carbocycles. The average Bonchev–Trinajstić information content (AvgIpc) is 2.60. The van der Waals surface area contributed by atoms with Crippen LogP contribution >= 0.6 is 0 Å². The monoisotopic (exact) mass is 311 g/mol. The van der Waals surface area contributed by atoms with Crippen molar-refractivity contribution in [2.45, 2.75) is 44.9 Å². The Morgan fingerprint density at radius 3 is 2.91 bits per heavy atom. The summed E-state index contributed by atoms with van der Waals surface area (Å²) >= 11 is 0. The summed E-state index contributed by atoms with van der Waals surface area (Å²) in [5, 5.41) is 7.96. The minimum absolute atomic E-state index is 0.127. The van der Waals surface area contributed by atoms with Gasteiger partial charge in [0.25, 0.3) is 0 Å². The molecule has 2 amide bonds. The zero-order valence-corrected chi connectivity index (χ0v) is 13.6. The standard InChI is InChI=1S/C19H25N3O/c23-19(21-12-5-8-15-6-2-1-3-7-15)22-18-10-4-9-16-14-20-13-11-17(16)18/h4,9-11,13-15H,1-3,5-8,12H2,(H2,21,22,23). The van der Waals surface area contributed by atoms with Crippen LogP contribution in [0, 0.1) is 5.92 Å². The van der Waals surface area contributed by atoms with Gasteiger partial charge in [-0.1, -0.05) is 44.2 Å². The highest BCUT2D eigenvalue weighted by Gasteiger charge is 2.12. The van der Waals surface area contributed by atoms with E-state index in [-0.39, 0.29) is 6.03 Å². The number of rotatable bonds is 5. The molecule has 1 aliphatic carbocycles. The summed E-state index contributed by atoms with van der Waals surface area (Å²) in [5.74, 6) is 0.874. The van der Waals surface area contributed by atoms with Crippen molar-refractivity contribution in [1.82, 2.24) is 10.3 Å². The van der Waals surface area contributed by atoms with Crippen LogP contribution in [0.3, 0.4) is 0 Å². The minimum atomic E-state index is -0.127. The topological polar surface area (TPSA) is 54.0 Å². The van der Waals surface area contributed by atoms with Crippen LogP contribution in [0.1, 0.15) is 44.9 Å². The lowest BCUT2D eigenvalue weighted by Crippen LogP contribution is -2.29.